The van der Waals surface area contributed by atoms with Crippen LogP contribution in [0.5, 0.6) is 0 Å². The fourth-order valence-electron chi connectivity index (χ4n) is 3.95. The van der Waals surface area contributed by atoms with Crippen LogP contribution in [0.15, 0.2) is 41.4 Å². The number of likely N-dealkylation sites (N-methyl/N-ethyl adjacent to an activating group) is 1. The lowest BCUT2D eigenvalue weighted by molar-refractivity contribution is -0.127. The second kappa shape index (κ2) is 8.01. The van der Waals surface area contributed by atoms with Crippen molar-refractivity contribution in [2.75, 3.05) is 19.3 Å². The van der Waals surface area contributed by atoms with Crippen molar-refractivity contribution in [3.63, 3.8) is 0 Å². The van der Waals surface area contributed by atoms with Gasteiger partial charge in [-0.2, -0.15) is 0 Å². The molecule has 0 saturated carbocycles. The van der Waals surface area contributed by atoms with Crippen LogP contribution < -0.4 is 11.1 Å². The Morgan fingerprint density at radius 1 is 1.27 bits per heavy atom. The fourth-order valence-corrected chi connectivity index (χ4v) is 3.95. The highest BCUT2D eigenvalue weighted by atomic mass is 16.3. The van der Waals surface area contributed by atoms with E-state index in [2.05, 4.69) is 25.3 Å². The van der Waals surface area contributed by atoms with Gasteiger partial charge in [0.05, 0.1) is 6.20 Å². The van der Waals surface area contributed by atoms with Gasteiger partial charge >= 0.3 is 0 Å². The molecular weight excluding hydrogens is 424 g/mol. The van der Waals surface area contributed by atoms with Crippen LogP contribution in [0.1, 0.15) is 29.0 Å². The van der Waals surface area contributed by atoms with E-state index in [-0.39, 0.29) is 29.4 Å². The molecule has 1 saturated heterocycles. The minimum Gasteiger partial charge on any atom is -0.443 e. The van der Waals surface area contributed by atoms with Gasteiger partial charge in [0.25, 0.3) is 5.91 Å². The number of rotatable bonds is 5. The number of likely N-dealkylation sites (tertiary alicyclic amines) is 1. The average molecular weight is 446 g/mol. The maximum atomic E-state index is 13.0. The van der Waals surface area contributed by atoms with Gasteiger partial charge in [-0.3, -0.25) is 9.59 Å². The van der Waals surface area contributed by atoms with E-state index in [1.165, 1.54) is 12.5 Å². The van der Waals surface area contributed by atoms with E-state index in [0.717, 1.165) is 11.3 Å². The highest BCUT2D eigenvalue weighted by Crippen LogP contribution is 2.30. The van der Waals surface area contributed by atoms with Gasteiger partial charge in [0.2, 0.25) is 11.8 Å². The summed E-state index contributed by atoms with van der Waals surface area (Å²) in [5, 5.41) is 2.83. The van der Waals surface area contributed by atoms with Crippen molar-refractivity contribution in [2.45, 2.75) is 25.8 Å². The van der Waals surface area contributed by atoms with Crippen molar-refractivity contribution in [3.05, 3.63) is 48.4 Å². The molecule has 33 heavy (non-hydrogen) atoms. The van der Waals surface area contributed by atoms with E-state index in [0.29, 0.717) is 36.3 Å². The summed E-state index contributed by atoms with van der Waals surface area (Å²) in [4.78, 5) is 43.9. The summed E-state index contributed by atoms with van der Waals surface area (Å²) in [6.07, 6.45) is 7.73. The number of hydrogen-bond donors (Lipinski definition) is 2. The van der Waals surface area contributed by atoms with Crippen molar-refractivity contribution >= 4 is 23.3 Å². The lowest BCUT2D eigenvalue weighted by Crippen LogP contribution is -2.40. The molecule has 5 heterocycles. The Morgan fingerprint density at radius 3 is 2.85 bits per heavy atom. The third-order valence-electron chi connectivity index (χ3n) is 5.87. The van der Waals surface area contributed by atoms with E-state index in [1.54, 1.807) is 18.1 Å². The first-order chi connectivity index (χ1) is 15.9. The number of nitrogens with two attached hydrogens (primary N) is 1. The zero-order chi connectivity index (χ0) is 23.1. The van der Waals surface area contributed by atoms with E-state index < -0.39 is 5.91 Å². The largest absolute Gasteiger partial charge is 0.443 e. The minimum absolute atomic E-state index is 0.00488. The second-order valence-corrected chi connectivity index (χ2v) is 7.94. The van der Waals surface area contributed by atoms with Crippen molar-refractivity contribution in [1.29, 1.82) is 0 Å². The molecule has 5 rings (SSSR count). The number of fused-ring (bicyclic) bond motifs is 1. The maximum Gasteiger partial charge on any atom is 0.273 e. The number of amides is 2. The zero-order valence-corrected chi connectivity index (χ0v) is 18.1. The van der Waals surface area contributed by atoms with Gasteiger partial charge in [-0.05, 0) is 25.5 Å². The number of carbonyl (C=O) groups excluding carboxylic acids is 2. The summed E-state index contributed by atoms with van der Waals surface area (Å²) in [6, 6.07) is 3.63. The van der Waals surface area contributed by atoms with E-state index in [4.69, 9.17) is 10.2 Å². The summed E-state index contributed by atoms with van der Waals surface area (Å²) in [6.45, 7) is 2.25. The number of hydrogen-bond acceptors (Lipinski definition) is 8. The minimum atomic E-state index is -0.465. The number of nitrogens with one attached hydrogen (secondary N) is 1. The van der Waals surface area contributed by atoms with Gasteiger partial charge in [0.15, 0.2) is 17.2 Å². The van der Waals surface area contributed by atoms with Gasteiger partial charge in [0, 0.05) is 49.7 Å². The molecule has 0 bridgehead atoms. The number of carbonyl (C=O) groups is 2. The molecule has 2 amide bonds. The fraction of sp³-hybridized carbons (Fsp3) is 0.273. The Bertz CT molecular complexity index is 1360. The van der Waals surface area contributed by atoms with Gasteiger partial charge < -0.3 is 24.8 Å². The van der Waals surface area contributed by atoms with Crippen LogP contribution in [0.2, 0.25) is 0 Å². The van der Waals surface area contributed by atoms with Crippen LogP contribution in [0.25, 0.3) is 28.5 Å². The van der Waals surface area contributed by atoms with Gasteiger partial charge in [0.1, 0.15) is 17.6 Å². The lowest BCUT2D eigenvalue weighted by atomic mass is 10.1. The van der Waals surface area contributed by atoms with Crippen molar-refractivity contribution in [3.8, 4) is 22.8 Å². The molecule has 0 radical (unpaired) electrons. The lowest BCUT2D eigenvalue weighted by Gasteiger charge is -2.20. The summed E-state index contributed by atoms with van der Waals surface area (Å²) in [7, 11) is 1.73. The number of nitrogens with zero attached hydrogens (tertiary/aromatic N) is 6. The second-order valence-electron chi connectivity index (χ2n) is 7.94. The standard InChI is InChI=1S/C22H22N8O3/c1-12-9-25-15-5-3-13(11-30(12)15)17-18(22-24-7-8-33-22)28-20(23)19(27-17)21(32)26-10-14-4-6-16(31)29(14)2/h3,5,7-9,11,14H,4,6,10H2,1-2H3,(H2,23,28)(H,26,32)/t14-/m1/s1. The molecule has 0 unspecified atom stereocenters. The number of pyridine rings is 1. The first kappa shape index (κ1) is 20.6. The molecule has 11 nitrogen and oxygen atoms in total. The SMILES string of the molecule is Cc1cnc2ccc(-c3nc(C(=O)NC[C@H]4CCC(=O)N4C)c(N)nc3-c3ncco3)cn12. The first-order valence-corrected chi connectivity index (χ1v) is 10.5. The highest BCUT2D eigenvalue weighted by Gasteiger charge is 2.29. The van der Waals surface area contributed by atoms with Crippen molar-refractivity contribution < 1.29 is 14.0 Å². The summed E-state index contributed by atoms with van der Waals surface area (Å²) >= 11 is 0. The van der Waals surface area contributed by atoms with E-state index in [9.17, 15) is 9.59 Å². The Hall–Kier alpha value is -4.28. The summed E-state index contributed by atoms with van der Waals surface area (Å²) < 4.78 is 7.36. The van der Waals surface area contributed by atoms with Crippen molar-refractivity contribution in [2.24, 2.45) is 0 Å². The van der Waals surface area contributed by atoms with Crippen molar-refractivity contribution in [1.82, 2.24) is 34.6 Å². The molecule has 1 fully saturated rings. The molecule has 0 aromatic carbocycles. The molecule has 1 aliphatic rings. The predicted octanol–water partition coefficient (Wildman–Crippen LogP) is 1.69. The smallest absolute Gasteiger partial charge is 0.273 e. The summed E-state index contributed by atoms with van der Waals surface area (Å²) in [5.41, 5.74) is 9.27. The number of anilines is 1. The Labute approximate surface area is 188 Å². The highest BCUT2D eigenvalue weighted by molar-refractivity contribution is 5.97. The molecular formula is C22H22N8O3. The monoisotopic (exact) mass is 446 g/mol. The van der Waals surface area contributed by atoms with Gasteiger partial charge in [-0.15, -0.1) is 0 Å². The molecule has 168 valence electrons. The third kappa shape index (κ3) is 3.67. The maximum absolute atomic E-state index is 13.0. The number of aromatic nitrogens is 5. The predicted molar refractivity (Wildman–Crippen MR) is 119 cm³/mol. The van der Waals surface area contributed by atoms with E-state index in [1.807, 2.05) is 29.7 Å². The Kier molecular flexibility index (Phi) is 5.00. The molecule has 1 atom stereocenters. The number of oxazole rings is 1. The van der Waals surface area contributed by atoms with Crippen LogP contribution >= 0.6 is 0 Å². The topological polar surface area (TPSA) is 145 Å². The quantitative estimate of drug-likeness (QED) is 0.471. The van der Waals surface area contributed by atoms with Gasteiger partial charge in [-0.25, -0.2) is 19.9 Å². The number of imidazole rings is 1. The molecule has 1 aliphatic heterocycles. The first-order valence-electron chi connectivity index (χ1n) is 10.5. The normalized spacial score (nSPS) is 16.0. The molecule has 3 N–H and O–H groups in total. The van der Waals surface area contributed by atoms with E-state index >= 15 is 0 Å². The van der Waals surface area contributed by atoms with Crippen LogP contribution in [0.3, 0.4) is 0 Å². The Balaban J connectivity index is 1.53. The van der Waals surface area contributed by atoms with Crippen LogP contribution in [0.4, 0.5) is 5.82 Å². The molecule has 11 heteroatoms. The zero-order valence-electron chi connectivity index (χ0n) is 18.1. The Morgan fingerprint density at radius 2 is 2.12 bits per heavy atom. The van der Waals surface area contributed by atoms with Crippen LogP contribution in [-0.2, 0) is 4.79 Å². The molecule has 4 aromatic heterocycles. The third-order valence-corrected chi connectivity index (χ3v) is 5.87. The van der Waals surface area contributed by atoms with Crippen LogP contribution in [0, 0.1) is 6.92 Å². The number of aryl methyl sites for hydroxylation is 1. The van der Waals surface area contributed by atoms with Gasteiger partial charge in [-0.1, -0.05) is 0 Å². The average Bonchev–Trinajstić information content (AvgIpc) is 3.55. The molecule has 0 spiro atoms. The summed E-state index contributed by atoms with van der Waals surface area (Å²) in [5.74, 6) is -0.200. The molecule has 0 aliphatic carbocycles. The number of nitrogen functional groups attached to an aromatic ring is 1. The van der Waals surface area contributed by atoms with Crippen LogP contribution in [-0.4, -0.2) is 60.7 Å². The molecule has 4 aromatic rings.